The second-order valence-corrected chi connectivity index (χ2v) is 7.22. The number of nitrogens with zero attached hydrogens (tertiary/aromatic N) is 4. The number of amides is 1. The van der Waals surface area contributed by atoms with Gasteiger partial charge in [-0.1, -0.05) is 12.1 Å². The summed E-state index contributed by atoms with van der Waals surface area (Å²) >= 11 is 3.20. The number of phenols is 1. The van der Waals surface area contributed by atoms with E-state index in [1.165, 1.54) is 30.1 Å². The standard InChI is InChI=1S/C20H18BrN5O5/c1-12-18(21)19(26(29)30)24-25(12)11-14-9-13(7-8-17(14)31-2)10-22-23-20(28)15-5-3-4-6-16(15)27/h3-10,27H,11H2,1-2H3,(H,23,28). The lowest BCUT2D eigenvalue weighted by molar-refractivity contribution is -0.390. The average molecular weight is 488 g/mol. The van der Waals surface area contributed by atoms with Crippen LogP contribution in [-0.4, -0.2) is 39.0 Å². The molecule has 0 spiro atoms. The summed E-state index contributed by atoms with van der Waals surface area (Å²) in [7, 11) is 1.52. The number of halogens is 1. The molecule has 0 saturated carbocycles. The number of benzene rings is 2. The van der Waals surface area contributed by atoms with Gasteiger partial charge in [0, 0.05) is 5.56 Å². The van der Waals surface area contributed by atoms with Crippen molar-refractivity contribution in [2.45, 2.75) is 13.5 Å². The first-order valence-corrected chi connectivity index (χ1v) is 9.76. The van der Waals surface area contributed by atoms with E-state index in [1.807, 2.05) is 0 Å². The van der Waals surface area contributed by atoms with Crippen LogP contribution in [0.3, 0.4) is 0 Å². The van der Waals surface area contributed by atoms with Crippen molar-refractivity contribution < 1.29 is 19.6 Å². The molecule has 31 heavy (non-hydrogen) atoms. The summed E-state index contributed by atoms with van der Waals surface area (Å²) in [5, 5.41) is 28.8. The quantitative estimate of drug-likeness (QED) is 0.298. The van der Waals surface area contributed by atoms with Gasteiger partial charge in [0.1, 0.15) is 16.0 Å². The van der Waals surface area contributed by atoms with Crippen LogP contribution in [0.25, 0.3) is 0 Å². The fourth-order valence-electron chi connectivity index (χ4n) is 2.83. The predicted octanol–water partition coefficient (Wildman–Crippen LogP) is 3.39. The molecule has 3 aromatic rings. The van der Waals surface area contributed by atoms with Crippen LogP contribution in [0.5, 0.6) is 11.5 Å². The molecule has 0 atom stereocenters. The zero-order valence-electron chi connectivity index (χ0n) is 16.6. The van der Waals surface area contributed by atoms with Crippen molar-refractivity contribution in [1.82, 2.24) is 15.2 Å². The van der Waals surface area contributed by atoms with Crippen LogP contribution in [0.1, 0.15) is 27.2 Å². The van der Waals surface area contributed by atoms with Crippen molar-refractivity contribution in [3.63, 3.8) is 0 Å². The van der Waals surface area contributed by atoms with Gasteiger partial charge in [-0.05, 0) is 63.7 Å². The number of para-hydroxylation sites is 1. The SMILES string of the molecule is COc1ccc(C=NNC(=O)c2ccccc2O)cc1Cn1nc([N+](=O)[O-])c(Br)c1C. The van der Waals surface area contributed by atoms with E-state index in [2.05, 4.69) is 31.6 Å². The number of carbonyl (C=O) groups excluding carboxylic acids is 1. The highest BCUT2D eigenvalue weighted by Gasteiger charge is 2.24. The minimum atomic E-state index is -0.554. The zero-order chi connectivity index (χ0) is 22.5. The number of carbonyl (C=O) groups is 1. The Morgan fingerprint density at radius 3 is 2.77 bits per heavy atom. The number of hydrogen-bond acceptors (Lipinski definition) is 7. The van der Waals surface area contributed by atoms with E-state index < -0.39 is 10.8 Å². The van der Waals surface area contributed by atoms with E-state index in [0.29, 0.717) is 27.0 Å². The molecule has 10 nitrogen and oxygen atoms in total. The van der Waals surface area contributed by atoms with E-state index in [0.717, 1.165) is 0 Å². The second-order valence-electron chi connectivity index (χ2n) is 6.43. The van der Waals surface area contributed by atoms with Gasteiger partial charge >= 0.3 is 5.82 Å². The average Bonchev–Trinajstić information content (AvgIpc) is 3.03. The number of aromatic nitrogens is 2. The largest absolute Gasteiger partial charge is 0.507 e. The lowest BCUT2D eigenvalue weighted by Crippen LogP contribution is -2.17. The number of aromatic hydroxyl groups is 1. The number of nitrogens with one attached hydrogen (secondary N) is 1. The smallest absolute Gasteiger partial charge is 0.404 e. The Bertz CT molecular complexity index is 1170. The summed E-state index contributed by atoms with van der Waals surface area (Å²) in [5.41, 5.74) is 4.44. The summed E-state index contributed by atoms with van der Waals surface area (Å²) in [6.07, 6.45) is 1.44. The minimum absolute atomic E-state index is 0.108. The van der Waals surface area contributed by atoms with Gasteiger partial charge in [-0.2, -0.15) is 9.78 Å². The fraction of sp³-hybridized carbons (Fsp3) is 0.150. The third-order valence-corrected chi connectivity index (χ3v) is 5.37. The van der Waals surface area contributed by atoms with Gasteiger partial charge in [-0.25, -0.2) is 5.43 Å². The fourth-order valence-corrected chi connectivity index (χ4v) is 3.26. The molecule has 1 aromatic heterocycles. The number of hydrogen-bond donors (Lipinski definition) is 2. The first kappa shape index (κ1) is 22.0. The molecule has 2 N–H and O–H groups in total. The van der Waals surface area contributed by atoms with Gasteiger partial charge < -0.3 is 20.0 Å². The molecular formula is C20H18BrN5O5. The van der Waals surface area contributed by atoms with Crippen molar-refractivity contribution >= 4 is 33.9 Å². The van der Waals surface area contributed by atoms with Crippen molar-refractivity contribution in [3.8, 4) is 11.5 Å². The van der Waals surface area contributed by atoms with Crippen molar-refractivity contribution in [2.24, 2.45) is 5.10 Å². The van der Waals surface area contributed by atoms with E-state index in [4.69, 9.17) is 4.74 Å². The molecule has 0 fully saturated rings. The number of phenolic OH excluding ortho intramolecular Hbond substituents is 1. The number of rotatable bonds is 7. The van der Waals surface area contributed by atoms with Gasteiger partial charge in [0.2, 0.25) is 0 Å². The Labute approximate surface area is 185 Å². The van der Waals surface area contributed by atoms with E-state index in [9.17, 15) is 20.0 Å². The summed E-state index contributed by atoms with van der Waals surface area (Å²) in [6, 6.07) is 11.4. The van der Waals surface area contributed by atoms with Crippen LogP contribution in [0.15, 0.2) is 52.0 Å². The van der Waals surface area contributed by atoms with Crippen molar-refractivity contribution in [3.05, 3.63) is 79.4 Å². The third-order valence-electron chi connectivity index (χ3n) is 4.44. The molecule has 11 heteroatoms. The van der Waals surface area contributed by atoms with E-state index >= 15 is 0 Å². The molecule has 0 bridgehead atoms. The van der Waals surface area contributed by atoms with E-state index in [-0.39, 0.29) is 23.7 Å². The maximum absolute atomic E-state index is 12.1. The highest BCUT2D eigenvalue weighted by molar-refractivity contribution is 9.10. The molecule has 0 aliphatic rings. The van der Waals surface area contributed by atoms with Crippen LogP contribution < -0.4 is 10.2 Å². The van der Waals surface area contributed by atoms with Crippen LogP contribution in [0.4, 0.5) is 5.82 Å². The number of methoxy groups -OCH3 is 1. The molecular weight excluding hydrogens is 470 g/mol. The van der Waals surface area contributed by atoms with E-state index in [1.54, 1.807) is 37.3 Å². The molecule has 0 aliphatic carbocycles. The summed E-state index contributed by atoms with van der Waals surface area (Å²) in [6.45, 7) is 1.95. The molecule has 1 heterocycles. The molecule has 0 aliphatic heterocycles. The van der Waals surface area contributed by atoms with Crippen LogP contribution in [0, 0.1) is 17.0 Å². The molecule has 0 saturated heterocycles. The summed E-state index contributed by atoms with van der Waals surface area (Å²) < 4.78 is 7.20. The van der Waals surface area contributed by atoms with Gasteiger partial charge in [-0.3, -0.25) is 4.79 Å². The monoisotopic (exact) mass is 487 g/mol. The highest BCUT2D eigenvalue weighted by atomic mass is 79.9. The molecule has 160 valence electrons. The number of ether oxygens (including phenoxy) is 1. The third kappa shape index (κ3) is 4.89. The maximum atomic E-state index is 12.1. The Morgan fingerprint density at radius 2 is 2.13 bits per heavy atom. The first-order valence-electron chi connectivity index (χ1n) is 8.97. The van der Waals surface area contributed by atoms with Gasteiger partial charge in [0.15, 0.2) is 0 Å². The molecule has 1 amide bonds. The van der Waals surface area contributed by atoms with Gasteiger partial charge in [0.05, 0.1) is 36.2 Å². The number of hydrazone groups is 1. The minimum Gasteiger partial charge on any atom is -0.507 e. The zero-order valence-corrected chi connectivity index (χ0v) is 18.2. The highest BCUT2D eigenvalue weighted by Crippen LogP contribution is 2.29. The molecule has 0 unspecified atom stereocenters. The maximum Gasteiger partial charge on any atom is 0.404 e. The van der Waals surface area contributed by atoms with Crippen LogP contribution in [-0.2, 0) is 6.54 Å². The van der Waals surface area contributed by atoms with Gasteiger partial charge in [-0.15, -0.1) is 0 Å². The first-order chi connectivity index (χ1) is 14.8. The normalized spacial score (nSPS) is 10.9. The van der Waals surface area contributed by atoms with Crippen molar-refractivity contribution in [1.29, 1.82) is 0 Å². The van der Waals surface area contributed by atoms with Gasteiger partial charge in [0.25, 0.3) is 5.91 Å². The van der Waals surface area contributed by atoms with Crippen LogP contribution in [0.2, 0.25) is 0 Å². The number of nitro groups is 1. The Balaban J connectivity index is 1.80. The lowest BCUT2D eigenvalue weighted by Gasteiger charge is -2.09. The van der Waals surface area contributed by atoms with Crippen molar-refractivity contribution in [2.75, 3.05) is 7.11 Å². The molecule has 3 rings (SSSR count). The molecule has 0 radical (unpaired) electrons. The van der Waals surface area contributed by atoms with Crippen LogP contribution >= 0.6 is 15.9 Å². The lowest BCUT2D eigenvalue weighted by atomic mass is 10.1. The topological polar surface area (TPSA) is 132 Å². The molecule has 2 aromatic carbocycles. The summed E-state index contributed by atoms with van der Waals surface area (Å²) in [5.74, 6) is -0.380. The Kier molecular flexibility index (Phi) is 6.65. The Hall–Kier alpha value is -3.73. The summed E-state index contributed by atoms with van der Waals surface area (Å²) in [4.78, 5) is 22.7. The Morgan fingerprint density at radius 1 is 1.39 bits per heavy atom. The second kappa shape index (κ2) is 9.39. The predicted molar refractivity (Wildman–Crippen MR) is 117 cm³/mol.